The van der Waals surface area contributed by atoms with Crippen LogP contribution in [0.3, 0.4) is 0 Å². The van der Waals surface area contributed by atoms with E-state index >= 15 is 0 Å². The van der Waals surface area contributed by atoms with E-state index in [9.17, 15) is 9.59 Å². The van der Waals surface area contributed by atoms with E-state index in [-0.39, 0.29) is 18.0 Å². The maximum absolute atomic E-state index is 12.5. The maximum Gasteiger partial charge on any atom is 0.321 e. The Labute approximate surface area is 163 Å². The Morgan fingerprint density at radius 3 is 2.85 bits per heavy atom. The van der Waals surface area contributed by atoms with Gasteiger partial charge in [-0.05, 0) is 40.9 Å². The van der Waals surface area contributed by atoms with Gasteiger partial charge < -0.3 is 14.6 Å². The number of amides is 3. The van der Waals surface area contributed by atoms with Crippen LogP contribution in [0.4, 0.5) is 9.93 Å². The van der Waals surface area contributed by atoms with Crippen molar-refractivity contribution < 1.29 is 14.0 Å². The number of nitrogens with zero attached hydrogens (tertiary/aromatic N) is 2. The van der Waals surface area contributed by atoms with Crippen LogP contribution in [0.15, 0.2) is 21.2 Å². The van der Waals surface area contributed by atoms with Crippen LogP contribution in [0.5, 0.6) is 0 Å². The first-order valence-corrected chi connectivity index (χ1v) is 10.3. The Balaban J connectivity index is 1.38. The highest BCUT2D eigenvalue weighted by atomic mass is 79.9. The number of thiazole rings is 1. The highest BCUT2D eigenvalue weighted by molar-refractivity contribution is 9.10. The van der Waals surface area contributed by atoms with Crippen molar-refractivity contribution in [2.45, 2.75) is 44.7 Å². The summed E-state index contributed by atoms with van der Waals surface area (Å²) in [6, 6.07) is 3.44. The van der Waals surface area contributed by atoms with Gasteiger partial charge in [0, 0.05) is 23.9 Å². The first-order valence-electron chi connectivity index (χ1n) is 8.69. The molecule has 26 heavy (non-hydrogen) atoms. The minimum atomic E-state index is -0.198. The highest BCUT2D eigenvalue weighted by Crippen LogP contribution is 2.29. The van der Waals surface area contributed by atoms with Gasteiger partial charge in [0.25, 0.3) is 5.91 Å². The lowest BCUT2D eigenvalue weighted by atomic mass is 10.1. The lowest BCUT2D eigenvalue weighted by Gasteiger charge is -2.25. The zero-order valence-electron chi connectivity index (χ0n) is 14.1. The fourth-order valence-corrected chi connectivity index (χ4v) is 4.72. The predicted octanol–water partition coefficient (Wildman–Crippen LogP) is 3.76. The second-order valence-electron chi connectivity index (χ2n) is 6.55. The average molecular weight is 439 g/mol. The summed E-state index contributed by atoms with van der Waals surface area (Å²) in [5, 5.41) is 6.41. The van der Waals surface area contributed by atoms with Gasteiger partial charge in [-0.2, -0.15) is 0 Å². The van der Waals surface area contributed by atoms with E-state index in [1.807, 2.05) is 0 Å². The number of furan rings is 1. The van der Waals surface area contributed by atoms with E-state index in [1.54, 1.807) is 17.0 Å². The molecule has 138 valence electrons. The van der Waals surface area contributed by atoms with Crippen LogP contribution < -0.4 is 10.6 Å². The van der Waals surface area contributed by atoms with Crippen molar-refractivity contribution in [3.8, 4) is 0 Å². The molecule has 1 aliphatic heterocycles. The number of hydrogen-bond acceptors (Lipinski definition) is 5. The molecular formula is C17H19BrN4O3S. The molecule has 9 heteroatoms. The Bertz CT molecular complexity index is 828. The molecule has 0 aromatic carbocycles. The Kier molecular flexibility index (Phi) is 4.99. The van der Waals surface area contributed by atoms with Gasteiger partial charge in [-0.15, -0.1) is 0 Å². The van der Waals surface area contributed by atoms with Crippen molar-refractivity contribution in [3.05, 3.63) is 33.1 Å². The van der Waals surface area contributed by atoms with Crippen molar-refractivity contribution in [1.82, 2.24) is 15.2 Å². The zero-order valence-corrected chi connectivity index (χ0v) is 16.5. The molecule has 0 radical (unpaired) electrons. The molecule has 0 bridgehead atoms. The summed E-state index contributed by atoms with van der Waals surface area (Å²) in [4.78, 5) is 31.9. The smallest absolute Gasteiger partial charge is 0.321 e. The second kappa shape index (κ2) is 7.40. The van der Waals surface area contributed by atoms with Gasteiger partial charge in [-0.3, -0.25) is 10.1 Å². The van der Waals surface area contributed by atoms with E-state index in [0.29, 0.717) is 35.1 Å². The number of carbonyl (C=O) groups is 2. The van der Waals surface area contributed by atoms with Crippen molar-refractivity contribution in [3.63, 3.8) is 0 Å². The molecule has 0 unspecified atom stereocenters. The minimum Gasteiger partial charge on any atom is -0.444 e. The number of aromatic nitrogens is 1. The first kappa shape index (κ1) is 17.5. The van der Waals surface area contributed by atoms with E-state index in [0.717, 1.165) is 23.4 Å². The summed E-state index contributed by atoms with van der Waals surface area (Å²) >= 11 is 4.64. The lowest BCUT2D eigenvalue weighted by molar-refractivity contribution is 0.0702. The minimum absolute atomic E-state index is 0.136. The summed E-state index contributed by atoms with van der Waals surface area (Å²) < 4.78 is 5.89. The van der Waals surface area contributed by atoms with Gasteiger partial charge in [-0.1, -0.05) is 24.2 Å². The van der Waals surface area contributed by atoms with E-state index in [4.69, 9.17) is 4.42 Å². The molecule has 0 atom stereocenters. The Morgan fingerprint density at radius 2 is 2.12 bits per heavy atom. The van der Waals surface area contributed by atoms with Crippen molar-refractivity contribution >= 4 is 44.3 Å². The second-order valence-corrected chi connectivity index (χ2v) is 8.41. The van der Waals surface area contributed by atoms with Crippen LogP contribution in [0.25, 0.3) is 0 Å². The number of rotatable bonds is 3. The molecule has 1 aliphatic carbocycles. The molecule has 2 aromatic rings. The normalized spacial score (nSPS) is 17.2. The van der Waals surface area contributed by atoms with Crippen LogP contribution in [0, 0.1) is 0 Å². The number of urea groups is 1. The molecule has 0 saturated heterocycles. The van der Waals surface area contributed by atoms with Gasteiger partial charge in [-0.25, -0.2) is 9.78 Å². The quantitative estimate of drug-likeness (QED) is 0.763. The number of hydrogen-bond donors (Lipinski definition) is 2. The van der Waals surface area contributed by atoms with Gasteiger partial charge >= 0.3 is 6.03 Å². The monoisotopic (exact) mass is 438 g/mol. The van der Waals surface area contributed by atoms with Gasteiger partial charge in [0.05, 0.1) is 12.2 Å². The van der Waals surface area contributed by atoms with Crippen molar-refractivity contribution in [2.24, 2.45) is 0 Å². The molecule has 3 heterocycles. The zero-order chi connectivity index (χ0) is 18.1. The van der Waals surface area contributed by atoms with Gasteiger partial charge in [0.2, 0.25) is 0 Å². The van der Waals surface area contributed by atoms with Gasteiger partial charge in [0.15, 0.2) is 15.6 Å². The SMILES string of the molecule is O=C(Nc1nc2c(s1)CN(C(=O)c1ccc(Br)o1)CC2)NC1CCCC1. The molecule has 1 fully saturated rings. The third-order valence-electron chi connectivity index (χ3n) is 4.71. The highest BCUT2D eigenvalue weighted by Gasteiger charge is 2.27. The molecule has 3 amide bonds. The van der Waals surface area contributed by atoms with Crippen LogP contribution in [0.1, 0.15) is 46.8 Å². The number of carbonyl (C=O) groups excluding carboxylic acids is 2. The molecule has 4 rings (SSSR count). The predicted molar refractivity (Wildman–Crippen MR) is 101 cm³/mol. The Morgan fingerprint density at radius 1 is 1.31 bits per heavy atom. The fourth-order valence-electron chi connectivity index (χ4n) is 3.40. The lowest BCUT2D eigenvalue weighted by Crippen LogP contribution is -2.36. The van der Waals surface area contributed by atoms with Crippen molar-refractivity contribution in [2.75, 3.05) is 11.9 Å². The molecule has 1 saturated carbocycles. The molecule has 2 aliphatic rings. The maximum atomic E-state index is 12.5. The summed E-state index contributed by atoms with van der Waals surface area (Å²) in [6.07, 6.45) is 5.11. The number of nitrogens with one attached hydrogen (secondary N) is 2. The molecule has 2 aromatic heterocycles. The van der Waals surface area contributed by atoms with Crippen molar-refractivity contribution in [1.29, 1.82) is 0 Å². The molecular weight excluding hydrogens is 420 g/mol. The topological polar surface area (TPSA) is 87.5 Å². The summed E-state index contributed by atoms with van der Waals surface area (Å²) in [5.41, 5.74) is 0.954. The standard InChI is InChI=1S/C17H19BrN4O3S/c18-14-6-5-12(25-14)15(23)22-8-7-11-13(9-22)26-17(20-11)21-16(24)19-10-3-1-2-4-10/h5-6,10H,1-4,7-9H2,(H2,19,20,21,24). The third-order valence-corrected chi connectivity index (χ3v) is 6.14. The van der Waals surface area contributed by atoms with Crippen LogP contribution in [-0.4, -0.2) is 34.4 Å². The third kappa shape index (κ3) is 3.78. The van der Waals surface area contributed by atoms with Crippen LogP contribution >= 0.6 is 27.3 Å². The average Bonchev–Trinajstić information content (AvgIpc) is 3.34. The fraction of sp³-hybridized carbons (Fsp3) is 0.471. The number of halogens is 1. The Hall–Kier alpha value is -1.87. The largest absolute Gasteiger partial charge is 0.444 e. The van der Waals surface area contributed by atoms with Crippen LogP contribution in [-0.2, 0) is 13.0 Å². The molecule has 2 N–H and O–H groups in total. The summed E-state index contributed by atoms with van der Waals surface area (Å²) in [6.45, 7) is 1.07. The molecule has 0 spiro atoms. The molecule has 7 nitrogen and oxygen atoms in total. The van der Waals surface area contributed by atoms with E-state index in [2.05, 4.69) is 31.5 Å². The van der Waals surface area contributed by atoms with E-state index < -0.39 is 0 Å². The number of anilines is 1. The van der Waals surface area contributed by atoms with Crippen LogP contribution in [0.2, 0.25) is 0 Å². The number of fused-ring (bicyclic) bond motifs is 1. The summed E-state index contributed by atoms with van der Waals surface area (Å²) in [5.74, 6) is 0.183. The van der Waals surface area contributed by atoms with Gasteiger partial charge in [0.1, 0.15) is 0 Å². The first-order chi connectivity index (χ1) is 12.6. The van der Waals surface area contributed by atoms with E-state index in [1.165, 1.54) is 24.2 Å². The summed E-state index contributed by atoms with van der Waals surface area (Å²) in [7, 11) is 0.